The maximum absolute atomic E-state index is 12.2. The Labute approximate surface area is 156 Å². The van der Waals surface area contributed by atoms with Crippen LogP contribution in [0.2, 0.25) is 0 Å². The molecular weight excluding hydrogens is 352 g/mol. The Morgan fingerprint density at radius 1 is 1.15 bits per heavy atom. The number of nitrogens with zero attached hydrogens (tertiary/aromatic N) is 3. The largest absolute Gasteiger partial charge is 0.454 e. The zero-order valence-electron chi connectivity index (χ0n) is 15.3. The van der Waals surface area contributed by atoms with Gasteiger partial charge in [0, 0.05) is 44.4 Å². The van der Waals surface area contributed by atoms with Crippen molar-refractivity contribution < 1.29 is 14.3 Å². The highest BCUT2D eigenvalue weighted by Crippen LogP contribution is 2.39. The van der Waals surface area contributed by atoms with Crippen molar-refractivity contribution in [2.75, 3.05) is 37.9 Å². The molecule has 4 rings (SSSR count). The van der Waals surface area contributed by atoms with Crippen LogP contribution in [-0.4, -0.2) is 60.8 Å². The van der Waals surface area contributed by atoms with Gasteiger partial charge in [-0.25, -0.2) is 4.98 Å². The number of piperazine rings is 1. The van der Waals surface area contributed by atoms with E-state index < -0.39 is 0 Å². The number of hydrogen-bond acceptors (Lipinski definition) is 7. The van der Waals surface area contributed by atoms with E-state index in [4.69, 9.17) is 14.5 Å². The molecule has 0 spiro atoms. The third kappa shape index (κ3) is 3.31. The summed E-state index contributed by atoms with van der Waals surface area (Å²) in [5.41, 5.74) is 0.946. The first kappa shape index (κ1) is 17.4. The number of hydrogen-bond donors (Lipinski definition) is 1. The maximum atomic E-state index is 12.2. The van der Waals surface area contributed by atoms with Crippen LogP contribution in [0.4, 0.5) is 5.13 Å². The second-order valence-electron chi connectivity index (χ2n) is 7.03. The van der Waals surface area contributed by atoms with E-state index in [1.54, 1.807) is 11.3 Å². The number of benzene rings is 1. The van der Waals surface area contributed by atoms with Gasteiger partial charge < -0.3 is 19.7 Å². The fourth-order valence-corrected chi connectivity index (χ4v) is 4.34. The van der Waals surface area contributed by atoms with Crippen LogP contribution < -0.4 is 19.7 Å². The number of nitrogens with one attached hydrogen (secondary N) is 1. The van der Waals surface area contributed by atoms with Crippen LogP contribution in [0, 0.1) is 0 Å². The Kier molecular flexibility index (Phi) is 4.62. The first-order chi connectivity index (χ1) is 12.5. The molecule has 1 fully saturated rings. The van der Waals surface area contributed by atoms with Crippen molar-refractivity contribution in [1.82, 2.24) is 15.2 Å². The summed E-state index contributed by atoms with van der Waals surface area (Å²) in [5.74, 6) is 1.66. The topological polar surface area (TPSA) is 66.9 Å². The molecule has 1 saturated heterocycles. The molecule has 0 saturated carbocycles. The van der Waals surface area contributed by atoms with E-state index in [1.807, 2.05) is 32.9 Å². The summed E-state index contributed by atoms with van der Waals surface area (Å²) < 4.78 is 12.0. The monoisotopic (exact) mass is 376 g/mol. The van der Waals surface area contributed by atoms with Gasteiger partial charge in [-0.2, -0.15) is 0 Å². The minimum Gasteiger partial charge on any atom is -0.454 e. The molecule has 1 amide bonds. The number of aromatic nitrogens is 1. The van der Waals surface area contributed by atoms with Crippen LogP contribution in [0.1, 0.15) is 20.8 Å². The molecule has 2 aliphatic heterocycles. The number of carbonyl (C=O) groups excluding carboxylic acids is 1. The minimum atomic E-state index is -0.104. The number of amides is 1. The molecule has 26 heavy (non-hydrogen) atoms. The Morgan fingerprint density at radius 3 is 2.54 bits per heavy atom. The average Bonchev–Trinajstić information content (AvgIpc) is 3.24. The summed E-state index contributed by atoms with van der Waals surface area (Å²) in [6.07, 6.45) is 0. The second kappa shape index (κ2) is 6.92. The summed E-state index contributed by atoms with van der Waals surface area (Å²) in [6.45, 7) is 9.67. The van der Waals surface area contributed by atoms with E-state index in [1.165, 1.54) is 0 Å². The number of carbonyl (C=O) groups is 1. The standard InChI is InChI=1S/C18H24N4O3S/c1-11(2)19-17(23)12(3)21-4-6-22(7-5-21)18-20-13-8-14-15(25-10-24-14)9-16(13)26-18/h8-9,11-12H,4-7,10H2,1-3H3,(H,19,23). The fourth-order valence-electron chi connectivity index (χ4n) is 3.31. The van der Waals surface area contributed by atoms with Crippen LogP contribution in [0.5, 0.6) is 11.5 Å². The van der Waals surface area contributed by atoms with Crippen molar-refractivity contribution in [2.45, 2.75) is 32.9 Å². The van der Waals surface area contributed by atoms with Crippen LogP contribution in [0.3, 0.4) is 0 Å². The van der Waals surface area contributed by atoms with Gasteiger partial charge in [-0.15, -0.1) is 0 Å². The SMILES string of the molecule is CC(C)NC(=O)C(C)N1CCN(c2nc3cc4c(cc3s2)OCO4)CC1. The number of fused-ring (bicyclic) bond motifs is 2. The molecule has 0 aliphatic carbocycles. The molecule has 7 nitrogen and oxygen atoms in total. The van der Waals surface area contributed by atoms with Gasteiger partial charge >= 0.3 is 0 Å². The summed E-state index contributed by atoms with van der Waals surface area (Å²) in [7, 11) is 0. The third-order valence-corrected chi connectivity index (χ3v) is 5.89. The van der Waals surface area contributed by atoms with Gasteiger partial charge in [0.25, 0.3) is 0 Å². The van der Waals surface area contributed by atoms with Crippen molar-refractivity contribution in [3.05, 3.63) is 12.1 Å². The van der Waals surface area contributed by atoms with Gasteiger partial charge in [0.2, 0.25) is 12.7 Å². The molecule has 0 bridgehead atoms. The predicted molar refractivity (Wildman–Crippen MR) is 102 cm³/mol. The highest BCUT2D eigenvalue weighted by atomic mass is 32.1. The predicted octanol–water partition coefficient (Wildman–Crippen LogP) is 2.06. The van der Waals surface area contributed by atoms with E-state index in [9.17, 15) is 4.79 Å². The first-order valence-corrected chi connectivity index (χ1v) is 9.82. The normalized spacial score (nSPS) is 18.5. The zero-order chi connectivity index (χ0) is 18.3. The van der Waals surface area contributed by atoms with Gasteiger partial charge in [0.1, 0.15) is 0 Å². The van der Waals surface area contributed by atoms with Crippen molar-refractivity contribution in [1.29, 1.82) is 0 Å². The summed E-state index contributed by atoms with van der Waals surface area (Å²) in [6, 6.07) is 4.02. The molecule has 8 heteroatoms. The highest BCUT2D eigenvalue weighted by molar-refractivity contribution is 7.22. The average molecular weight is 376 g/mol. The molecule has 3 heterocycles. The molecule has 140 valence electrons. The van der Waals surface area contributed by atoms with Crippen LogP contribution in [0.25, 0.3) is 10.2 Å². The first-order valence-electron chi connectivity index (χ1n) is 9.01. The van der Waals surface area contributed by atoms with E-state index in [2.05, 4.69) is 15.1 Å². The quantitative estimate of drug-likeness (QED) is 0.881. The maximum Gasteiger partial charge on any atom is 0.237 e. The number of ether oxygens (including phenoxy) is 2. The Balaban J connectivity index is 1.42. The van der Waals surface area contributed by atoms with Crippen molar-refractivity contribution in [2.24, 2.45) is 0 Å². The lowest BCUT2D eigenvalue weighted by molar-refractivity contribution is -0.126. The summed E-state index contributed by atoms with van der Waals surface area (Å²) in [4.78, 5) is 21.5. The smallest absolute Gasteiger partial charge is 0.237 e. The second-order valence-corrected chi connectivity index (χ2v) is 8.04. The van der Waals surface area contributed by atoms with Gasteiger partial charge in [-0.3, -0.25) is 9.69 Å². The van der Waals surface area contributed by atoms with Crippen molar-refractivity contribution in [3.8, 4) is 11.5 Å². The number of rotatable bonds is 4. The molecule has 1 aromatic carbocycles. The number of anilines is 1. The Morgan fingerprint density at radius 2 is 1.85 bits per heavy atom. The van der Waals surface area contributed by atoms with Crippen molar-refractivity contribution >= 4 is 32.6 Å². The molecular formula is C18H24N4O3S. The van der Waals surface area contributed by atoms with Gasteiger partial charge in [-0.1, -0.05) is 11.3 Å². The summed E-state index contributed by atoms with van der Waals surface area (Å²) in [5, 5.41) is 4.01. The number of thiazole rings is 1. The highest BCUT2D eigenvalue weighted by Gasteiger charge is 2.27. The third-order valence-electron chi connectivity index (χ3n) is 4.81. The molecule has 0 radical (unpaired) electrons. The van der Waals surface area contributed by atoms with E-state index in [-0.39, 0.29) is 24.8 Å². The molecule has 1 aromatic heterocycles. The minimum absolute atomic E-state index is 0.1000. The zero-order valence-corrected chi connectivity index (χ0v) is 16.1. The van der Waals surface area contributed by atoms with Gasteiger partial charge in [0.05, 0.1) is 16.3 Å². The Hall–Kier alpha value is -2.06. The van der Waals surface area contributed by atoms with E-state index >= 15 is 0 Å². The molecule has 2 aromatic rings. The van der Waals surface area contributed by atoms with Crippen LogP contribution in [0.15, 0.2) is 12.1 Å². The lowest BCUT2D eigenvalue weighted by Gasteiger charge is -2.37. The van der Waals surface area contributed by atoms with Gasteiger partial charge in [0.15, 0.2) is 16.6 Å². The van der Waals surface area contributed by atoms with Crippen LogP contribution in [-0.2, 0) is 4.79 Å². The van der Waals surface area contributed by atoms with E-state index in [0.717, 1.165) is 53.0 Å². The van der Waals surface area contributed by atoms with E-state index in [0.29, 0.717) is 0 Å². The molecule has 1 atom stereocenters. The van der Waals surface area contributed by atoms with Crippen LogP contribution >= 0.6 is 11.3 Å². The molecule has 2 aliphatic rings. The summed E-state index contributed by atoms with van der Waals surface area (Å²) >= 11 is 1.68. The van der Waals surface area contributed by atoms with Crippen molar-refractivity contribution in [3.63, 3.8) is 0 Å². The van der Waals surface area contributed by atoms with Gasteiger partial charge in [-0.05, 0) is 20.8 Å². The lowest BCUT2D eigenvalue weighted by atomic mass is 10.2. The Bertz CT molecular complexity index is 773. The molecule has 1 N–H and O–H groups in total. The fraction of sp³-hybridized carbons (Fsp3) is 0.556. The molecule has 1 unspecified atom stereocenters. The lowest BCUT2D eigenvalue weighted by Crippen LogP contribution is -2.54.